The number of methoxy groups -OCH3 is 1. The third-order valence-corrected chi connectivity index (χ3v) is 2.17. The zero-order valence-corrected chi connectivity index (χ0v) is 8.57. The summed E-state index contributed by atoms with van der Waals surface area (Å²) in [5, 5.41) is 0. The van der Waals surface area contributed by atoms with E-state index < -0.39 is 11.8 Å². The van der Waals surface area contributed by atoms with Crippen LogP contribution >= 0.6 is 0 Å². The first-order valence-corrected chi connectivity index (χ1v) is 4.64. The average Bonchev–Trinajstić information content (AvgIpc) is 2.81. The molecule has 0 unspecified atom stereocenters. The molecule has 0 N–H and O–H groups in total. The molecule has 0 saturated heterocycles. The predicted octanol–water partition coefficient (Wildman–Crippen LogP) is 2.87. The lowest BCUT2D eigenvalue weighted by molar-refractivity contribution is 0.0601. The van der Waals surface area contributed by atoms with Crippen LogP contribution in [-0.2, 0) is 4.74 Å². The van der Waals surface area contributed by atoms with Crippen molar-refractivity contribution in [1.29, 1.82) is 0 Å². The maximum absolute atomic E-state index is 13.0. The van der Waals surface area contributed by atoms with Crippen LogP contribution in [0.1, 0.15) is 10.4 Å². The van der Waals surface area contributed by atoms with E-state index in [0.717, 1.165) is 6.07 Å². The Bertz CT molecular complexity index is 503. The van der Waals surface area contributed by atoms with Gasteiger partial charge >= 0.3 is 5.97 Å². The van der Waals surface area contributed by atoms with Gasteiger partial charge in [-0.1, -0.05) is 0 Å². The fourth-order valence-corrected chi connectivity index (χ4v) is 1.44. The van der Waals surface area contributed by atoms with Crippen LogP contribution in [0.5, 0.6) is 0 Å². The highest BCUT2D eigenvalue weighted by atomic mass is 19.1. The first kappa shape index (κ1) is 10.4. The molecule has 2 rings (SSSR count). The molecule has 1 aromatic heterocycles. The van der Waals surface area contributed by atoms with Crippen molar-refractivity contribution in [3.05, 3.63) is 48.0 Å². The van der Waals surface area contributed by atoms with Gasteiger partial charge in [0, 0.05) is 5.56 Å². The molecule has 0 aliphatic carbocycles. The van der Waals surface area contributed by atoms with Crippen LogP contribution in [0.15, 0.2) is 41.0 Å². The van der Waals surface area contributed by atoms with Gasteiger partial charge < -0.3 is 9.15 Å². The molecule has 0 aliphatic rings. The van der Waals surface area contributed by atoms with Crippen molar-refractivity contribution in [2.24, 2.45) is 0 Å². The Morgan fingerprint density at radius 2 is 2.19 bits per heavy atom. The summed E-state index contributed by atoms with van der Waals surface area (Å²) in [7, 11) is 1.25. The molecule has 16 heavy (non-hydrogen) atoms. The van der Waals surface area contributed by atoms with Gasteiger partial charge in [0.1, 0.15) is 11.6 Å². The van der Waals surface area contributed by atoms with Crippen molar-refractivity contribution in [3.8, 4) is 11.3 Å². The maximum Gasteiger partial charge on any atom is 0.338 e. The zero-order chi connectivity index (χ0) is 11.5. The number of carbonyl (C=O) groups excluding carboxylic acids is 1. The van der Waals surface area contributed by atoms with Crippen molar-refractivity contribution in [2.45, 2.75) is 0 Å². The Hall–Kier alpha value is -2.10. The lowest BCUT2D eigenvalue weighted by atomic mass is 10.1. The van der Waals surface area contributed by atoms with E-state index in [1.807, 2.05) is 0 Å². The van der Waals surface area contributed by atoms with Gasteiger partial charge in [0.05, 0.1) is 18.9 Å². The molecule has 2 aromatic rings. The lowest BCUT2D eigenvalue weighted by Gasteiger charge is -2.05. The first-order valence-electron chi connectivity index (χ1n) is 4.64. The summed E-state index contributed by atoms with van der Waals surface area (Å²) in [6.07, 6.45) is 1.49. The number of esters is 1. The minimum atomic E-state index is -0.592. The molecule has 0 aliphatic heterocycles. The number of furan rings is 1. The van der Waals surface area contributed by atoms with Crippen molar-refractivity contribution < 1.29 is 18.3 Å². The Balaban J connectivity index is 2.57. The number of hydrogen-bond acceptors (Lipinski definition) is 3. The molecule has 0 bridgehead atoms. The fraction of sp³-hybridized carbons (Fsp3) is 0.0833. The van der Waals surface area contributed by atoms with Gasteiger partial charge in [-0.25, -0.2) is 9.18 Å². The minimum Gasteiger partial charge on any atom is -0.465 e. The molecular weight excluding hydrogens is 211 g/mol. The minimum absolute atomic E-state index is 0.150. The Morgan fingerprint density at radius 3 is 2.81 bits per heavy atom. The van der Waals surface area contributed by atoms with E-state index in [0.29, 0.717) is 11.3 Å². The second kappa shape index (κ2) is 4.18. The first-order chi connectivity index (χ1) is 7.72. The van der Waals surface area contributed by atoms with Gasteiger partial charge in [0.15, 0.2) is 0 Å². The highest BCUT2D eigenvalue weighted by Gasteiger charge is 2.15. The van der Waals surface area contributed by atoms with Crippen LogP contribution in [0.25, 0.3) is 11.3 Å². The highest BCUT2D eigenvalue weighted by molar-refractivity contribution is 5.96. The van der Waals surface area contributed by atoms with E-state index in [2.05, 4.69) is 4.74 Å². The van der Waals surface area contributed by atoms with E-state index in [-0.39, 0.29) is 5.56 Å². The SMILES string of the molecule is COC(=O)c1cc(F)ccc1-c1ccco1. The largest absolute Gasteiger partial charge is 0.465 e. The molecule has 82 valence electrons. The van der Waals surface area contributed by atoms with Crippen LogP contribution in [0.2, 0.25) is 0 Å². The Kier molecular flexibility index (Phi) is 2.72. The summed E-state index contributed by atoms with van der Waals surface area (Å²) >= 11 is 0. The van der Waals surface area contributed by atoms with Crippen LogP contribution in [0, 0.1) is 5.82 Å². The van der Waals surface area contributed by atoms with Gasteiger partial charge in [0.2, 0.25) is 0 Å². The average molecular weight is 220 g/mol. The third kappa shape index (κ3) is 1.82. The summed E-state index contributed by atoms with van der Waals surface area (Å²) in [5.41, 5.74) is 0.663. The molecule has 0 saturated carbocycles. The molecule has 0 spiro atoms. The predicted molar refractivity (Wildman–Crippen MR) is 55.4 cm³/mol. The van der Waals surface area contributed by atoms with E-state index in [1.165, 1.54) is 25.5 Å². The van der Waals surface area contributed by atoms with Crippen molar-refractivity contribution >= 4 is 5.97 Å². The number of halogens is 1. The summed E-state index contributed by atoms with van der Waals surface area (Å²) in [6.45, 7) is 0. The normalized spacial score (nSPS) is 10.1. The number of hydrogen-bond donors (Lipinski definition) is 0. The molecule has 4 heteroatoms. The molecule has 1 aromatic carbocycles. The molecule has 0 amide bonds. The van der Waals surface area contributed by atoms with Crippen molar-refractivity contribution in [2.75, 3.05) is 7.11 Å². The smallest absolute Gasteiger partial charge is 0.338 e. The van der Waals surface area contributed by atoms with Crippen LogP contribution < -0.4 is 0 Å². The molecule has 0 atom stereocenters. The summed E-state index contributed by atoms with van der Waals surface area (Å²) in [6, 6.07) is 7.27. The van der Waals surface area contributed by atoms with Crippen LogP contribution in [-0.4, -0.2) is 13.1 Å². The number of benzene rings is 1. The van der Waals surface area contributed by atoms with Crippen molar-refractivity contribution in [3.63, 3.8) is 0 Å². The summed E-state index contributed by atoms with van der Waals surface area (Å²) < 4.78 is 22.8. The van der Waals surface area contributed by atoms with Gasteiger partial charge in [-0.2, -0.15) is 0 Å². The van der Waals surface area contributed by atoms with E-state index >= 15 is 0 Å². The number of rotatable bonds is 2. The standard InChI is InChI=1S/C12H9FO3/c1-15-12(14)10-7-8(13)4-5-9(10)11-3-2-6-16-11/h2-7H,1H3. The fourth-order valence-electron chi connectivity index (χ4n) is 1.44. The van der Waals surface area contributed by atoms with E-state index in [4.69, 9.17) is 4.42 Å². The summed E-state index contributed by atoms with van der Waals surface area (Å²) in [5.74, 6) is -0.581. The monoisotopic (exact) mass is 220 g/mol. The Morgan fingerprint density at radius 1 is 1.38 bits per heavy atom. The quantitative estimate of drug-likeness (QED) is 0.730. The number of carbonyl (C=O) groups is 1. The van der Waals surface area contributed by atoms with Crippen molar-refractivity contribution in [1.82, 2.24) is 0 Å². The zero-order valence-electron chi connectivity index (χ0n) is 8.57. The maximum atomic E-state index is 13.0. The van der Waals surface area contributed by atoms with Crippen LogP contribution in [0.3, 0.4) is 0 Å². The Labute approximate surface area is 91.5 Å². The molecule has 0 fully saturated rings. The topological polar surface area (TPSA) is 39.4 Å². The molecule has 0 radical (unpaired) electrons. The van der Waals surface area contributed by atoms with Gasteiger partial charge in [0.25, 0.3) is 0 Å². The third-order valence-electron chi connectivity index (χ3n) is 2.17. The molecular formula is C12H9FO3. The van der Waals surface area contributed by atoms with Gasteiger partial charge in [-0.3, -0.25) is 0 Å². The second-order valence-corrected chi connectivity index (χ2v) is 3.16. The lowest BCUT2D eigenvalue weighted by Crippen LogP contribution is -2.03. The molecule has 3 nitrogen and oxygen atoms in total. The second-order valence-electron chi connectivity index (χ2n) is 3.16. The van der Waals surface area contributed by atoms with Gasteiger partial charge in [-0.05, 0) is 30.3 Å². The summed E-state index contributed by atoms with van der Waals surface area (Å²) in [4.78, 5) is 11.5. The van der Waals surface area contributed by atoms with E-state index in [9.17, 15) is 9.18 Å². The number of ether oxygens (including phenoxy) is 1. The van der Waals surface area contributed by atoms with Gasteiger partial charge in [-0.15, -0.1) is 0 Å². The molecule has 1 heterocycles. The van der Waals surface area contributed by atoms with Crippen LogP contribution in [0.4, 0.5) is 4.39 Å². The van der Waals surface area contributed by atoms with E-state index in [1.54, 1.807) is 12.1 Å². The highest BCUT2D eigenvalue weighted by Crippen LogP contribution is 2.25.